The van der Waals surface area contributed by atoms with Crippen LogP contribution in [0.3, 0.4) is 0 Å². The Morgan fingerprint density at radius 1 is 1.33 bits per heavy atom. The summed E-state index contributed by atoms with van der Waals surface area (Å²) >= 11 is 1.51. The van der Waals surface area contributed by atoms with Gasteiger partial charge in [0.15, 0.2) is 0 Å². The van der Waals surface area contributed by atoms with Crippen LogP contribution in [0.25, 0.3) is 27.2 Å². The predicted molar refractivity (Wildman–Crippen MR) is 111 cm³/mol. The number of hydrogen-bond donors (Lipinski definition) is 0. The summed E-state index contributed by atoms with van der Waals surface area (Å²) in [6, 6.07) is 13.3. The summed E-state index contributed by atoms with van der Waals surface area (Å²) < 4.78 is 12.7. The van der Waals surface area contributed by atoms with Gasteiger partial charge in [-0.2, -0.15) is 5.26 Å². The molecule has 0 fully saturated rings. The van der Waals surface area contributed by atoms with Crippen molar-refractivity contribution in [1.29, 1.82) is 5.26 Å². The van der Waals surface area contributed by atoms with E-state index >= 15 is 0 Å². The highest BCUT2D eigenvalue weighted by Crippen LogP contribution is 2.30. The van der Waals surface area contributed by atoms with E-state index in [0.29, 0.717) is 33.5 Å². The number of hydrogen-bond acceptors (Lipinski definition) is 7. The fourth-order valence-electron chi connectivity index (χ4n) is 3.44. The van der Waals surface area contributed by atoms with Gasteiger partial charge < -0.3 is 13.7 Å². The molecule has 0 aliphatic heterocycles. The topological polar surface area (TPSA) is 93.4 Å². The van der Waals surface area contributed by atoms with Crippen LogP contribution < -0.4 is 0 Å². The maximum atomic E-state index is 13.0. The van der Waals surface area contributed by atoms with Crippen LogP contribution in [0.5, 0.6) is 0 Å². The van der Waals surface area contributed by atoms with Crippen molar-refractivity contribution in [3.05, 3.63) is 76.6 Å². The van der Waals surface area contributed by atoms with Gasteiger partial charge in [-0.15, -0.1) is 11.3 Å². The lowest BCUT2D eigenvalue weighted by molar-refractivity contribution is 0.0475. The normalized spacial score (nSPS) is 11.1. The van der Waals surface area contributed by atoms with Gasteiger partial charge in [0.1, 0.15) is 12.7 Å². The molecule has 5 aromatic rings. The molecule has 0 aromatic carbocycles. The number of nitrogens with zero attached hydrogens (tertiary/aromatic N) is 4. The molecule has 8 heteroatoms. The quantitative estimate of drug-likeness (QED) is 0.394. The van der Waals surface area contributed by atoms with Crippen LogP contribution in [0.1, 0.15) is 27.2 Å². The van der Waals surface area contributed by atoms with Crippen LogP contribution in [0.2, 0.25) is 0 Å². The molecule has 5 aromatic heterocycles. The first-order valence-corrected chi connectivity index (χ1v) is 10.0. The molecular weight excluding hydrogens is 400 g/mol. The van der Waals surface area contributed by atoms with E-state index in [2.05, 4.69) is 16.2 Å². The number of esters is 1. The first kappa shape index (κ1) is 18.1. The maximum Gasteiger partial charge on any atom is 0.339 e. The Morgan fingerprint density at radius 3 is 3.03 bits per heavy atom. The summed E-state index contributed by atoms with van der Waals surface area (Å²) in [5, 5.41) is 16.0. The average molecular weight is 414 g/mol. The maximum absolute atomic E-state index is 13.0. The van der Waals surface area contributed by atoms with Gasteiger partial charge in [0.2, 0.25) is 0 Å². The van der Waals surface area contributed by atoms with Crippen LogP contribution >= 0.6 is 11.3 Å². The fraction of sp³-hybridized carbons (Fsp3) is 0.0909. The number of aromatic nitrogens is 3. The Balaban J connectivity index is 1.51. The Bertz CT molecular complexity index is 1440. The van der Waals surface area contributed by atoms with E-state index in [1.807, 2.05) is 46.3 Å². The van der Waals surface area contributed by atoms with Crippen LogP contribution in [0.15, 0.2) is 58.7 Å². The molecule has 0 saturated heterocycles. The van der Waals surface area contributed by atoms with Crippen LogP contribution in [0, 0.1) is 18.3 Å². The van der Waals surface area contributed by atoms with E-state index in [1.54, 1.807) is 19.2 Å². The van der Waals surface area contributed by atoms with Crippen molar-refractivity contribution in [3.63, 3.8) is 0 Å². The molecule has 0 N–H and O–H groups in total. The third-order valence-electron chi connectivity index (χ3n) is 4.84. The monoisotopic (exact) mass is 414 g/mol. The van der Waals surface area contributed by atoms with Gasteiger partial charge in [-0.1, -0.05) is 17.3 Å². The third-order valence-corrected chi connectivity index (χ3v) is 5.74. The van der Waals surface area contributed by atoms with E-state index in [9.17, 15) is 10.1 Å². The van der Waals surface area contributed by atoms with Gasteiger partial charge in [-0.25, -0.2) is 9.78 Å². The molecule has 0 bridgehead atoms. The lowest BCUT2D eigenvalue weighted by Crippen LogP contribution is -2.07. The number of fused-ring (bicyclic) bond motifs is 2. The van der Waals surface area contributed by atoms with Gasteiger partial charge in [0.05, 0.1) is 38.3 Å². The Hall–Kier alpha value is -3.96. The van der Waals surface area contributed by atoms with E-state index in [1.165, 1.54) is 11.3 Å². The van der Waals surface area contributed by atoms with Crippen molar-refractivity contribution in [1.82, 2.24) is 14.5 Å². The highest BCUT2D eigenvalue weighted by Gasteiger charge is 2.21. The SMILES string of the molecule is Cc1noc2nc(-c3cccs3)cc(C(=O)OCc3cn4ccccc4c3C#N)c12. The third kappa shape index (κ3) is 2.93. The standard InChI is InChI=1S/C22H14N4O3S/c1-13-20-15(9-17(19-6-4-8-30-19)24-21(20)29-25-13)22(27)28-12-14-11-26-7-3-2-5-18(26)16(14)10-23/h2-9,11H,12H2,1H3. The summed E-state index contributed by atoms with van der Waals surface area (Å²) in [5.74, 6) is -0.523. The Kier molecular flexibility index (Phi) is 4.30. The number of aryl methyl sites for hydroxylation is 1. The first-order chi connectivity index (χ1) is 14.7. The molecule has 30 heavy (non-hydrogen) atoms. The molecule has 0 unspecified atom stereocenters. The van der Waals surface area contributed by atoms with Crippen molar-refractivity contribution in [3.8, 4) is 16.6 Å². The Labute approximate surface area is 174 Å². The first-order valence-electron chi connectivity index (χ1n) is 9.12. The molecule has 146 valence electrons. The van der Waals surface area contributed by atoms with Gasteiger partial charge >= 0.3 is 5.97 Å². The zero-order chi connectivity index (χ0) is 20.7. The van der Waals surface area contributed by atoms with Crippen molar-refractivity contribution in [2.45, 2.75) is 13.5 Å². The van der Waals surface area contributed by atoms with E-state index in [-0.39, 0.29) is 12.3 Å². The molecule has 0 radical (unpaired) electrons. The van der Waals surface area contributed by atoms with Crippen molar-refractivity contribution in [2.75, 3.05) is 0 Å². The highest BCUT2D eigenvalue weighted by molar-refractivity contribution is 7.13. The van der Waals surface area contributed by atoms with Crippen molar-refractivity contribution in [2.24, 2.45) is 0 Å². The number of nitriles is 1. The van der Waals surface area contributed by atoms with Crippen molar-refractivity contribution >= 4 is 33.9 Å². The number of pyridine rings is 2. The predicted octanol–water partition coefficient (Wildman–Crippen LogP) is 4.74. The minimum absolute atomic E-state index is 0.0219. The van der Waals surface area contributed by atoms with Gasteiger partial charge in [-0.3, -0.25) is 0 Å². The summed E-state index contributed by atoms with van der Waals surface area (Å²) in [7, 11) is 0. The number of rotatable bonds is 4. The van der Waals surface area contributed by atoms with E-state index in [4.69, 9.17) is 9.26 Å². The molecule has 0 amide bonds. The van der Waals surface area contributed by atoms with Crippen LogP contribution in [-0.2, 0) is 11.3 Å². The number of ether oxygens (including phenoxy) is 1. The fourth-order valence-corrected chi connectivity index (χ4v) is 4.13. The van der Waals surface area contributed by atoms with Crippen molar-refractivity contribution < 1.29 is 14.1 Å². The lowest BCUT2D eigenvalue weighted by Gasteiger charge is -2.07. The molecule has 5 heterocycles. The molecule has 7 nitrogen and oxygen atoms in total. The smallest absolute Gasteiger partial charge is 0.339 e. The summed E-state index contributed by atoms with van der Waals surface area (Å²) in [5.41, 5.74) is 3.71. The number of carbonyl (C=O) groups is 1. The molecule has 5 rings (SSSR count). The summed E-state index contributed by atoms with van der Waals surface area (Å²) in [6.45, 7) is 1.73. The minimum atomic E-state index is -0.523. The second-order valence-electron chi connectivity index (χ2n) is 6.69. The highest BCUT2D eigenvalue weighted by atomic mass is 32.1. The molecule has 0 saturated carbocycles. The van der Waals surface area contributed by atoms with Crippen LogP contribution in [-0.4, -0.2) is 20.5 Å². The number of carbonyl (C=O) groups excluding carboxylic acids is 1. The summed E-state index contributed by atoms with van der Waals surface area (Å²) in [6.07, 6.45) is 3.65. The van der Waals surface area contributed by atoms with Crippen LogP contribution in [0.4, 0.5) is 0 Å². The molecule has 0 aliphatic carbocycles. The van der Waals surface area contributed by atoms with E-state index in [0.717, 1.165) is 10.4 Å². The molecule has 0 aliphatic rings. The average Bonchev–Trinajstić information content (AvgIpc) is 3.50. The lowest BCUT2D eigenvalue weighted by atomic mass is 10.1. The van der Waals surface area contributed by atoms with E-state index < -0.39 is 5.97 Å². The Morgan fingerprint density at radius 2 is 2.23 bits per heavy atom. The molecule has 0 atom stereocenters. The van der Waals surface area contributed by atoms with Gasteiger partial charge in [0, 0.05) is 18.0 Å². The van der Waals surface area contributed by atoms with Gasteiger partial charge in [0.25, 0.3) is 5.71 Å². The zero-order valence-corrected chi connectivity index (χ0v) is 16.6. The minimum Gasteiger partial charge on any atom is -0.457 e. The largest absolute Gasteiger partial charge is 0.457 e. The summed E-state index contributed by atoms with van der Waals surface area (Å²) in [4.78, 5) is 18.4. The number of thiophene rings is 1. The second-order valence-corrected chi connectivity index (χ2v) is 7.64. The zero-order valence-electron chi connectivity index (χ0n) is 15.8. The van der Waals surface area contributed by atoms with Gasteiger partial charge in [-0.05, 0) is 36.6 Å². The second kappa shape index (κ2) is 7.13. The molecule has 0 spiro atoms. The molecular formula is C22H14N4O3S.